The number of carbonyl (C=O) groups is 1. The molecular weight excluding hydrogens is 316 g/mol. The van der Waals surface area contributed by atoms with Crippen LogP contribution in [0.3, 0.4) is 0 Å². The zero-order valence-electron chi connectivity index (χ0n) is 10.2. The highest BCUT2D eigenvalue weighted by molar-refractivity contribution is 9.10. The second-order valence-electron chi connectivity index (χ2n) is 4.59. The van der Waals surface area contributed by atoms with Crippen LogP contribution in [0.25, 0.3) is 0 Å². The van der Waals surface area contributed by atoms with Gasteiger partial charge in [-0.3, -0.25) is 4.79 Å². The highest BCUT2D eigenvalue weighted by Gasteiger charge is 2.27. The summed E-state index contributed by atoms with van der Waals surface area (Å²) in [6, 6.07) is 5.39. The van der Waals surface area contributed by atoms with E-state index < -0.39 is 0 Å². The van der Waals surface area contributed by atoms with Gasteiger partial charge in [0.1, 0.15) is 0 Å². The second kappa shape index (κ2) is 6.04. The molecule has 1 N–H and O–H groups in total. The minimum Gasteiger partial charge on any atom is -0.338 e. The Morgan fingerprint density at radius 2 is 2.39 bits per heavy atom. The molecule has 1 saturated heterocycles. The van der Waals surface area contributed by atoms with Crippen LogP contribution in [-0.4, -0.2) is 37.5 Å². The molecule has 2 rings (SSSR count). The van der Waals surface area contributed by atoms with Crippen LogP contribution in [0.5, 0.6) is 0 Å². The molecule has 1 fully saturated rings. The van der Waals surface area contributed by atoms with Crippen LogP contribution in [0.2, 0.25) is 5.02 Å². The highest BCUT2D eigenvalue weighted by Crippen LogP contribution is 2.25. The molecule has 1 aliphatic rings. The molecule has 3 nitrogen and oxygen atoms in total. The molecule has 0 aliphatic carbocycles. The van der Waals surface area contributed by atoms with E-state index in [0.29, 0.717) is 16.5 Å². The minimum absolute atomic E-state index is 0.0334. The third kappa shape index (κ3) is 3.05. The Morgan fingerprint density at radius 3 is 3.06 bits per heavy atom. The molecule has 0 saturated carbocycles. The molecule has 5 heteroatoms. The molecule has 1 aromatic rings. The van der Waals surface area contributed by atoms with E-state index in [2.05, 4.69) is 21.2 Å². The molecule has 0 spiro atoms. The van der Waals surface area contributed by atoms with Gasteiger partial charge >= 0.3 is 0 Å². The quantitative estimate of drug-likeness (QED) is 0.924. The number of nitrogens with one attached hydrogen (secondary N) is 1. The van der Waals surface area contributed by atoms with Crippen LogP contribution in [0.1, 0.15) is 16.8 Å². The van der Waals surface area contributed by atoms with Crippen molar-refractivity contribution < 1.29 is 4.79 Å². The number of likely N-dealkylation sites (tertiary alicyclic amines) is 1. The van der Waals surface area contributed by atoms with E-state index in [1.54, 1.807) is 12.1 Å². The first-order valence-electron chi connectivity index (χ1n) is 6.00. The van der Waals surface area contributed by atoms with Crippen LogP contribution >= 0.6 is 27.5 Å². The van der Waals surface area contributed by atoms with Crippen molar-refractivity contribution in [2.45, 2.75) is 6.42 Å². The standard InChI is InChI=1S/C13H16BrClN2O/c1-16-7-9-4-5-17(8-9)13(18)11-3-2-10(14)6-12(11)15/h2-3,6,9,16H,4-5,7-8H2,1H3. The van der Waals surface area contributed by atoms with Crippen LogP contribution < -0.4 is 5.32 Å². The average molecular weight is 332 g/mol. The molecule has 0 radical (unpaired) electrons. The fourth-order valence-corrected chi connectivity index (χ4v) is 3.06. The maximum atomic E-state index is 12.3. The summed E-state index contributed by atoms with van der Waals surface area (Å²) < 4.78 is 0.888. The fourth-order valence-electron chi connectivity index (χ4n) is 2.31. The summed E-state index contributed by atoms with van der Waals surface area (Å²) in [4.78, 5) is 14.2. The normalized spacial score (nSPS) is 19.3. The molecule has 0 bridgehead atoms. The largest absolute Gasteiger partial charge is 0.338 e. The Balaban J connectivity index is 2.08. The van der Waals surface area contributed by atoms with Crippen molar-refractivity contribution in [3.05, 3.63) is 33.3 Å². The predicted octanol–water partition coefficient (Wildman–Crippen LogP) is 2.78. The summed E-state index contributed by atoms with van der Waals surface area (Å²) in [5.41, 5.74) is 0.588. The van der Waals surface area contributed by atoms with Gasteiger partial charge in [-0.1, -0.05) is 27.5 Å². The monoisotopic (exact) mass is 330 g/mol. The number of carbonyl (C=O) groups excluding carboxylic acids is 1. The van der Waals surface area contributed by atoms with Crippen molar-refractivity contribution in [2.24, 2.45) is 5.92 Å². The number of rotatable bonds is 3. The number of hydrogen-bond acceptors (Lipinski definition) is 2. The van der Waals surface area contributed by atoms with Crippen molar-refractivity contribution in [2.75, 3.05) is 26.7 Å². The molecule has 1 aromatic carbocycles. The van der Waals surface area contributed by atoms with Crippen molar-refractivity contribution in [3.63, 3.8) is 0 Å². The van der Waals surface area contributed by atoms with E-state index in [4.69, 9.17) is 11.6 Å². The Kier molecular flexibility index (Phi) is 4.65. The number of nitrogens with zero attached hydrogens (tertiary/aromatic N) is 1. The van der Waals surface area contributed by atoms with E-state index in [9.17, 15) is 4.79 Å². The Labute approximate surface area is 121 Å². The summed E-state index contributed by atoms with van der Waals surface area (Å²) in [5, 5.41) is 3.66. The van der Waals surface area contributed by atoms with Gasteiger partial charge in [0, 0.05) is 17.6 Å². The lowest BCUT2D eigenvalue weighted by Gasteiger charge is -2.17. The third-order valence-corrected chi connectivity index (χ3v) is 4.03. The van der Waals surface area contributed by atoms with E-state index in [-0.39, 0.29) is 5.91 Å². The fraction of sp³-hybridized carbons (Fsp3) is 0.462. The van der Waals surface area contributed by atoms with Gasteiger partial charge in [-0.2, -0.15) is 0 Å². The lowest BCUT2D eigenvalue weighted by atomic mass is 10.1. The first kappa shape index (κ1) is 13.8. The molecule has 0 aromatic heterocycles. The van der Waals surface area contributed by atoms with Crippen molar-refractivity contribution >= 4 is 33.4 Å². The van der Waals surface area contributed by atoms with Crippen LogP contribution in [0.4, 0.5) is 0 Å². The molecule has 1 amide bonds. The summed E-state index contributed by atoms with van der Waals surface area (Å²) in [7, 11) is 1.94. The van der Waals surface area contributed by atoms with Crippen molar-refractivity contribution in [1.82, 2.24) is 10.2 Å². The lowest BCUT2D eigenvalue weighted by molar-refractivity contribution is 0.0787. The Hall–Kier alpha value is -0.580. The van der Waals surface area contributed by atoms with Gasteiger partial charge in [-0.25, -0.2) is 0 Å². The SMILES string of the molecule is CNCC1CCN(C(=O)c2ccc(Br)cc2Cl)C1. The molecule has 1 unspecified atom stereocenters. The average Bonchev–Trinajstić information content (AvgIpc) is 2.77. The molecule has 18 heavy (non-hydrogen) atoms. The maximum Gasteiger partial charge on any atom is 0.255 e. The molecule has 1 heterocycles. The van der Waals surface area contributed by atoms with Gasteiger partial charge in [0.2, 0.25) is 0 Å². The summed E-state index contributed by atoms with van der Waals surface area (Å²) in [6.45, 7) is 2.58. The number of hydrogen-bond donors (Lipinski definition) is 1. The van der Waals surface area contributed by atoms with Crippen LogP contribution in [-0.2, 0) is 0 Å². The Morgan fingerprint density at radius 1 is 1.61 bits per heavy atom. The lowest BCUT2D eigenvalue weighted by Crippen LogP contribution is -2.30. The molecule has 1 atom stereocenters. The second-order valence-corrected chi connectivity index (χ2v) is 5.91. The summed E-state index contributed by atoms with van der Waals surface area (Å²) in [5.74, 6) is 0.583. The van der Waals surface area contributed by atoms with Crippen molar-refractivity contribution in [3.8, 4) is 0 Å². The minimum atomic E-state index is 0.0334. The van der Waals surface area contributed by atoms with Gasteiger partial charge in [0.05, 0.1) is 10.6 Å². The van der Waals surface area contributed by atoms with Gasteiger partial charge in [0.15, 0.2) is 0 Å². The number of benzene rings is 1. The van der Waals surface area contributed by atoms with Gasteiger partial charge in [-0.05, 0) is 44.1 Å². The van der Waals surface area contributed by atoms with Crippen LogP contribution in [0.15, 0.2) is 22.7 Å². The van der Waals surface area contributed by atoms with Crippen LogP contribution in [0, 0.1) is 5.92 Å². The van der Waals surface area contributed by atoms with Gasteiger partial charge < -0.3 is 10.2 Å². The number of amides is 1. The summed E-state index contributed by atoms with van der Waals surface area (Å²) in [6.07, 6.45) is 1.06. The smallest absolute Gasteiger partial charge is 0.255 e. The molecular formula is C13H16BrClN2O. The van der Waals surface area contributed by atoms with E-state index in [0.717, 1.165) is 30.5 Å². The Bertz CT molecular complexity index is 453. The maximum absolute atomic E-state index is 12.3. The zero-order chi connectivity index (χ0) is 13.1. The van der Waals surface area contributed by atoms with E-state index >= 15 is 0 Å². The first-order valence-corrected chi connectivity index (χ1v) is 7.18. The topological polar surface area (TPSA) is 32.3 Å². The van der Waals surface area contributed by atoms with Gasteiger partial charge in [0.25, 0.3) is 5.91 Å². The highest BCUT2D eigenvalue weighted by atomic mass is 79.9. The first-order chi connectivity index (χ1) is 8.61. The number of halogens is 2. The van der Waals surface area contributed by atoms with Gasteiger partial charge in [-0.15, -0.1) is 0 Å². The summed E-state index contributed by atoms with van der Waals surface area (Å²) >= 11 is 9.45. The molecule has 98 valence electrons. The zero-order valence-corrected chi connectivity index (χ0v) is 12.6. The molecule has 1 aliphatic heterocycles. The predicted molar refractivity (Wildman–Crippen MR) is 77.1 cm³/mol. The third-order valence-electron chi connectivity index (χ3n) is 3.23. The van der Waals surface area contributed by atoms with E-state index in [1.807, 2.05) is 18.0 Å². The van der Waals surface area contributed by atoms with E-state index in [1.165, 1.54) is 0 Å². The van der Waals surface area contributed by atoms with Crippen molar-refractivity contribution in [1.29, 1.82) is 0 Å².